The van der Waals surface area contributed by atoms with Gasteiger partial charge in [-0.05, 0) is 37.5 Å². The van der Waals surface area contributed by atoms with E-state index in [4.69, 9.17) is 14.6 Å². The van der Waals surface area contributed by atoms with Crippen LogP contribution in [0.1, 0.15) is 64.7 Å². The van der Waals surface area contributed by atoms with E-state index in [1.54, 1.807) is 0 Å². The largest absolute Gasteiger partial charge is 0.481 e. The van der Waals surface area contributed by atoms with E-state index in [9.17, 15) is 9.90 Å². The van der Waals surface area contributed by atoms with Crippen LogP contribution >= 0.6 is 0 Å². The molecule has 0 aromatic carbocycles. The Labute approximate surface area is 167 Å². The summed E-state index contributed by atoms with van der Waals surface area (Å²) >= 11 is 0. The smallest absolute Gasteiger partial charge is 0.303 e. The van der Waals surface area contributed by atoms with E-state index in [2.05, 4.69) is 25.2 Å². The molecule has 4 fully saturated rings. The highest BCUT2D eigenvalue weighted by atomic mass is 16.7. The summed E-state index contributed by atoms with van der Waals surface area (Å²) in [6, 6.07) is 0. The highest BCUT2D eigenvalue weighted by molar-refractivity contribution is 5.66. The average Bonchev–Trinajstić information content (AvgIpc) is 3.30. The molecule has 7 unspecified atom stereocenters. The number of unbranched alkanes of at least 4 members (excludes halogenated alkanes) is 1. The topological polar surface area (TPSA) is 79.3 Å². The van der Waals surface area contributed by atoms with Crippen LogP contribution in [0.3, 0.4) is 0 Å². The Morgan fingerprint density at radius 2 is 1.82 bits per heavy atom. The van der Waals surface area contributed by atoms with Crippen molar-refractivity contribution < 1.29 is 24.5 Å². The molecule has 5 heteroatoms. The SMILES string of the molecule is CC1(C(O)C=CC2C(CC=CCCCC(=O)O)C3OC2C2OC32)CCCCC1. The summed E-state index contributed by atoms with van der Waals surface area (Å²) in [5.74, 6) is -0.0615. The van der Waals surface area contributed by atoms with Crippen LogP contribution in [0.2, 0.25) is 0 Å². The fraction of sp³-hybridized carbons (Fsp3) is 0.783. The quantitative estimate of drug-likeness (QED) is 0.355. The fourth-order valence-corrected chi connectivity index (χ4v) is 5.53. The lowest BCUT2D eigenvalue weighted by Gasteiger charge is -2.37. The lowest BCUT2D eigenvalue weighted by Crippen LogP contribution is -2.34. The van der Waals surface area contributed by atoms with Gasteiger partial charge in [-0.3, -0.25) is 4.79 Å². The third-order valence-electron chi connectivity index (χ3n) is 7.38. The molecule has 2 N–H and O–H groups in total. The number of ether oxygens (including phenoxy) is 2. The molecule has 1 saturated carbocycles. The lowest BCUT2D eigenvalue weighted by atomic mass is 9.71. The number of epoxide rings is 1. The van der Waals surface area contributed by atoms with Crippen molar-refractivity contribution in [3.63, 3.8) is 0 Å². The second-order valence-corrected chi connectivity index (χ2v) is 9.41. The van der Waals surface area contributed by atoms with Gasteiger partial charge in [-0.1, -0.05) is 50.5 Å². The van der Waals surface area contributed by atoms with Crippen molar-refractivity contribution in [3.05, 3.63) is 24.3 Å². The van der Waals surface area contributed by atoms with Gasteiger partial charge in [-0.2, -0.15) is 0 Å². The van der Waals surface area contributed by atoms with Gasteiger partial charge < -0.3 is 19.7 Å². The van der Waals surface area contributed by atoms with Crippen LogP contribution in [0.5, 0.6) is 0 Å². The predicted octanol–water partition coefficient (Wildman–Crippen LogP) is 3.86. The van der Waals surface area contributed by atoms with Gasteiger partial charge in [0.2, 0.25) is 0 Å². The number of carboxylic acid groups (broad SMARTS) is 1. The summed E-state index contributed by atoms with van der Waals surface area (Å²) in [5, 5.41) is 19.5. The van der Waals surface area contributed by atoms with Crippen LogP contribution in [0, 0.1) is 17.3 Å². The van der Waals surface area contributed by atoms with Gasteiger partial charge in [-0.25, -0.2) is 0 Å². The molecule has 3 saturated heterocycles. The molecular formula is C23H34O5. The molecule has 5 nitrogen and oxygen atoms in total. The second-order valence-electron chi connectivity index (χ2n) is 9.41. The molecule has 1 aliphatic carbocycles. The maximum absolute atomic E-state index is 10.8. The Hall–Kier alpha value is -1.17. The van der Waals surface area contributed by atoms with Crippen molar-refractivity contribution in [1.29, 1.82) is 0 Å². The minimum absolute atomic E-state index is 0.00534. The number of aliphatic hydroxyl groups excluding tert-OH is 1. The van der Waals surface area contributed by atoms with Crippen molar-refractivity contribution in [3.8, 4) is 0 Å². The third kappa shape index (κ3) is 4.07. The summed E-state index contributed by atoms with van der Waals surface area (Å²) in [4.78, 5) is 10.6. The number of aliphatic carboxylic acids is 1. The molecule has 4 aliphatic rings. The first-order chi connectivity index (χ1) is 13.5. The standard InChI is InChI=1S/C23H34O5/c1-23(13-7-4-8-14-23)17(24)12-11-16-15(9-5-2-3-6-10-18(25)26)19-21-22(28-21)20(16)27-19/h2,5,11-12,15-17,19-22,24H,3-4,6-10,13-14H2,1H3,(H,25,26). The predicted molar refractivity (Wildman–Crippen MR) is 106 cm³/mol. The number of aliphatic hydroxyl groups is 1. The number of carboxylic acids is 1. The van der Waals surface area contributed by atoms with E-state index < -0.39 is 12.1 Å². The maximum Gasteiger partial charge on any atom is 0.303 e. The molecule has 0 spiro atoms. The number of hydrogen-bond acceptors (Lipinski definition) is 4. The number of hydrogen-bond donors (Lipinski definition) is 2. The zero-order valence-electron chi connectivity index (χ0n) is 16.8. The summed E-state index contributed by atoms with van der Waals surface area (Å²) in [7, 11) is 0. The highest BCUT2D eigenvalue weighted by Crippen LogP contribution is 2.55. The molecule has 28 heavy (non-hydrogen) atoms. The Balaban J connectivity index is 1.34. The van der Waals surface area contributed by atoms with Crippen LogP contribution < -0.4 is 0 Å². The van der Waals surface area contributed by atoms with Crippen LogP contribution in [-0.2, 0) is 14.3 Å². The Morgan fingerprint density at radius 3 is 2.57 bits per heavy atom. The summed E-state index contributed by atoms with van der Waals surface area (Å²) < 4.78 is 12.0. The summed E-state index contributed by atoms with van der Waals surface area (Å²) in [6.07, 6.45) is 17.4. The molecule has 2 bridgehead atoms. The van der Waals surface area contributed by atoms with Gasteiger partial charge in [0.05, 0.1) is 18.3 Å². The van der Waals surface area contributed by atoms with Crippen LogP contribution in [0.25, 0.3) is 0 Å². The molecule has 4 rings (SSSR count). The first-order valence-corrected chi connectivity index (χ1v) is 11.0. The van der Waals surface area contributed by atoms with E-state index in [0.29, 0.717) is 18.3 Å². The monoisotopic (exact) mass is 390 g/mol. The molecule has 0 aromatic rings. The fourth-order valence-electron chi connectivity index (χ4n) is 5.53. The minimum atomic E-state index is -0.734. The van der Waals surface area contributed by atoms with E-state index in [-0.39, 0.29) is 36.3 Å². The van der Waals surface area contributed by atoms with Crippen molar-refractivity contribution in [1.82, 2.24) is 0 Å². The summed E-state index contributed by atoms with van der Waals surface area (Å²) in [5.41, 5.74) is 0.00534. The van der Waals surface area contributed by atoms with Crippen LogP contribution in [0.4, 0.5) is 0 Å². The normalized spacial score (nSPS) is 39.5. The van der Waals surface area contributed by atoms with Crippen molar-refractivity contribution >= 4 is 5.97 Å². The first kappa shape index (κ1) is 20.1. The van der Waals surface area contributed by atoms with Gasteiger partial charge in [0.25, 0.3) is 0 Å². The van der Waals surface area contributed by atoms with Crippen LogP contribution in [-0.4, -0.2) is 46.7 Å². The van der Waals surface area contributed by atoms with Gasteiger partial charge in [-0.15, -0.1) is 0 Å². The molecule has 156 valence electrons. The van der Waals surface area contributed by atoms with E-state index in [1.807, 2.05) is 6.08 Å². The lowest BCUT2D eigenvalue weighted by molar-refractivity contribution is -0.137. The Morgan fingerprint density at radius 1 is 1.11 bits per heavy atom. The first-order valence-electron chi connectivity index (χ1n) is 11.0. The summed E-state index contributed by atoms with van der Waals surface area (Å²) in [6.45, 7) is 2.22. The third-order valence-corrected chi connectivity index (χ3v) is 7.38. The molecular weight excluding hydrogens is 356 g/mol. The Bertz CT molecular complexity index is 620. The molecule has 0 aromatic heterocycles. The van der Waals surface area contributed by atoms with Crippen molar-refractivity contribution in [2.75, 3.05) is 0 Å². The maximum atomic E-state index is 10.8. The minimum Gasteiger partial charge on any atom is -0.481 e. The number of carbonyl (C=O) groups is 1. The zero-order valence-corrected chi connectivity index (χ0v) is 16.8. The van der Waals surface area contributed by atoms with Crippen molar-refractivity contribution in [2.24, 2.45) is 17.3 Å². The Kier molecular flexibility index (Phi) is 5.96. The van der Waals surface area contributed by atoms with Gasteiger partial charge in [0.15, 0.2) is 0 Å². The van der Waals surface area contributed by atoms with E-state index >= 15 is 0 Å². The number of fused-ring (bicyclic) bond motifs is 5. The molecule has 0 amide bonds. The van der Waals surface area contributed by atoms with E-state index in [0.717, 1.165) is 25.7 Å². The molecule has 3 heterocycles. The highest BCUT2D eigenvalue weighted by Gasteiger charge is 2.68. The van der Waals surface area contributed by atoms with Crippen molar-refractivity contribution in [2.45, 2.75) is 95.2 Å². The zero-order chi connectivity index (χ0) is 19.7. The molecule has 0 radical (unpaired) electrons. The van der Waals surface area contributed by atoms with Gasteiger partial charge >= 0.3 is 5.97 Å². The number of rotatable bonds is 9. The van der Waals surface area contributed by atoms with Gasteiger partial charge in [0, 0.05) is 18.3 Å². The average molecular weight is 391 g/mol. The molecule has 7 atom stereocenters. The van der Waals surface area contributed by atoms with Gasteiger partial charge in [0.1, 0.15) is 12.2 Å². The van der Waals surface area contributed by atoms with Crippen LogP contribution in [0.15, 0.2) is 24.3 Å². The molecule has 3 aliphatic heterocycles. The number of allylic oxidation sites excluding steroid dienone is 2. The second kappa shape index (κ2) is 8.29. The van der Waals surface area contributed by atoms with E-state index in [1.165, 1.54) is 19.3 Å².